The molecule has 1 saturated carbocycles. The molecular formula is C9H16F3NO2. The molecule has 0 bridgehead atoms. The Balaban J connectivity index is 1.72. The van der Waals surface area contributed by atoms with Gasteiger partial charge >= 0.3 is 6.36 Å². The zero-order valence-corrected chi connectivity index (χ0v) is 8.48. The van der Waals surface area contributed by atoms with Crippen LogP contribution in [0.1, 0.15) is 12.8 Å². The van der Waals surface area contributed by atoms with Crippen LogP contribution in [0.25, 0.3) is 0 Å². The van der Waals surface area contributed by atoms with Crippen molar-refractivity contribution in [1.29, 1.82) is 0 Å². The minimum atomic E-state index is -4.52. The Morgan fingerprint density at radius 3 is 2.40 bits per heavy atom. The first-order valence-corrected chi connectivity index (χ1v) is 5.07. The SMILES string of the molecule is FC(F)(F)OCCNCCOCC1CC1. The first-order chi connectivity index (χ1) is 7.08. The molecule has 0 aromatic carbocycles. The molecule has 0 unspecified atom stereocenters. The average Bonchev–Trinajstić information content (AvgIpc) is 2.91. The highest BCUT2D eigenvalue weighted by atomic mass is 19.4. The number of nitrogens with one attached hydrogen (secondary N) is 1. The van der Waals surface area contributed by atoms with Gasteiger partial charge in [0, 0.05) is 19.7 Å². The van der Waals surface area contributed by atoms with Crippen LogP contribution < -0.4 is 5.32 Å². The van der Waals surface area contributed by atoms with Crippen molar-refractivity contribution in [1.82, 2.24) is 5.32 Å². The third-order valence-corrected chi connectivity index (χ3v) is 2.02. The van der Waals surface area contributed by atoms with Gasteiger partial charge < -0.3 is 10.1 Å². The van der Waals surface area contributed by atoms with Crippen LogP contribution in [0.5, 0.6) is 0 Å². The second-order valence-corrected chi connectivity index (χ2v) is 3.56. The van der Waals surface area contributed by atoms with Crippen molar-refractivity contribution in [2.45, 2.75) is 19.2 Å². The van der Waals surface area contributed by atoms with Gasteiger partial charge in [0.1, 0.15) is 0 Å². The summed E-state index contributed by atoms with van der Waals surface area (Å²) in [5, 5.41) is 2.80. The summed E-state index contributed by atoms with van der Waals surface area (Å²) in [4.78, 5) is 0. The second kappa shape index (κ2) is 6.30. The van der Waals surface area contributed by atoms with Gasteiger partial charge in [-0.1, -0.05) is 0 Å². The van der Waals surface area contributed by atoms with E-state index in [0.29, 0.717) is 13.2 Å². The minimum Gasteiger partial charge on any atom is -0.380 e. The average molecular weight is 227 g/mol. The van der Waals surface area contributed by atoms with Crippen LogP contribution in [0.15, 0.2) is 0 Å². The van der Waals surface area contributed by atoms with Crippen LogP contribution in [0, 0.1) is 5.92 Å². The van der Waals surface area contributed by atoms with E-state index >= 15 is 0 Å². The fourth-order valence-corrected chi connectivity index (χ4v) is 1.04. The van der Waals surface area contributed by atoms with E-state index in [1.165, 1.54) is 12.8 Å². The van der Waals surface area contributed by atoms with Crippen molar-refractivity contribution in [3.63, 3.8) is 0 Å². The lowest BCUT2D eigenvalue weighted by Gasteiger charge is -2.08. The van der Waals surface area contributed by atoms with Crippen molar-refractivity contribution in [3.05, 3.63) is 0 Å². The van der Waals surface area contributed by atoms with E-state index in [9.17, 15) is 13.2 Å². The normalized spacial score (nSPS) is 17.0. The van der Waals surface area contributed by atoms with E-state index in [4.69, 9.17) is 4.74 Å². The van der Waals surface area contributed by atoms with E-state index < -0.39 is 6.36 Å². The molecule has 0 aromatic heterocycles. The molecule has 1 aliphatic carbocycles. The summed E-state index contributed by atoms with van der Waals surface area (Å²) in [7, 11) is 0. The van der Waals surface area contributed by atoms with E-state index in [-0.39, 0.29) is 13.2 Å². The molecule has 0 heterocycles. The third-order valence-electron chi connectivity index (χ3n) is 2.02. The highest BCUT2D eigenvalue weighted by molar-refractivity contribution is 4.71. The molecule has 0 aromatic rings. The van der Waals surface area contributed by atoms with Gasteiger partial charge in [-0.2, -0.15) is 0 Å². The highest BCUT2D eigenvalue weighted by Gasteiger charge is 2.28. The summed E-state index contributed by atoms with van der Waals surface area (Å²) < 4.78 is 43.4. The van der Waals surface area contributed by atoms with Crippen LogP contribution in [0.3, 0.4) is 0 Å². The molecule has 0 amide bonds. The van der Waals surface area contributed by atoms with E-state index in [2.05, 4.69) is 10.1 Å². The number of halogens is 3. The predicted octanol–water partition coefficient (Wildman–Crippen LogP) is 1.54. The fraction of sp³-hybridized carbons (Fsp3) is 1.00. The standard InChI is InChI=1S/C9H16F3NO2/c10-9(11,12)15-6-4-13-3-5-14-7-8-1-2-8/h8,13H,1-7H2. The van der Waals surface area contributed by atoms with Crippen LogP contribution in [0.4, 0.5) is 13.2 Å². The molecule has 1 N–H and O–H groups in total. The Kier molecular flexibility index (Phi) is 5.35. The zero-order chi connectivity index (χ0) is 11.1. The van der Waals surface area contributed by atoms with Gasteiger partial charge in [-0.25, -0.2) is 0 Å². The summed E-state index contributed by atoms with van der Waals surface area (Å²) >= 11 is 0. The lowest BCUT2D eigenvalue weighted by Crippen LogP contribution is -2.27. The van der Waals surface area contributed by atoms with Gasteiger partial charge in [-0.3, -0.25) is 4.74 Å². The maximum absolute atomic E-state index is 11.5. The van der Waals surface area contributed by atoms with Gasteiger partial charge in [0.2, 0.25) is 0 Å². The quantitative estimate of drug-likeness (QED) is 0.638. The topological polar surface area (TPSA) is 30.5 Å². The number of hydrogen-bond donors (Lipinski definition) is 1. The number of alkyl halides is 3. The molecule has 0 atom stereocenters. The van der Waals surface area contributed by atoms with Crippen LogP contribution in [0.2, 0.25) is 0 Å². The summed E-state index contributed by atoms with van der Waals surface area (Å²) in [6.45, 7) is 1.72. The molecule has 0 aliphatic heterocycles. The molecule has 15 heavy (non-hydrogen) atoms. The van der Waals surface area contributed by atoms with Crippen molar-refractivity contribution in [2.75, 3.05) is 32.9 Å². The molecule has 1 fully saturated rings. The Labute approximate surface area is 86.9 Å². The van der Waals surface area contributed by atoms with Crippen LogP contribution in [-0.4, -0.2) is 39.3 Å². The van der Waals surface area contributed by atoms with Crippen LogP contribution in [-0.2, 0) is 9.47 Å². The van der Waals surface area contributed by atoms with Gasteiger partial charge in [-0.05, 0) is 18.8 Å². The molecular weight excluding hydrogens is 211 g/mol. The number of hydrogen-bond acceptors (Lipinski definition) is 3. The lowest BCUT2D eigenvalue weighted by molar-refractivity contribution is -0.323. The summed E-state index contributed by atoms with van der Waals surface area (Å²) in [6, 6.07) is 0. The summed E-state index contributed by atoms with van der Waals surface area (Å²) in [6.07, 6.45) is -2.04. The van der Waals surface area contributed by atoms with Gasteiger partial charge in [0.05, 0.1) is 13.2 Å². The molecule has 1 aliphatic rings. The lowest BCUT2D eigenvalue weighted by atomic mass is 10.5. The van der Waals surface area contributed by atoms with E-state index in [1.54, 1.807) is 0 Å². The maximum Gasteiger partial charge on any atom is 0.522 e. The molecule has 0 spiro atoms. The van der Waals surface area contributed by atoms with Gasteiger partial charge in [0.25, 0.3) is 0 Å². The molecule has 0 saturated heterocycles. The molecule has 1 rings (SSSR count). The Morgan fingerprint density at radius 2 is 1.80 bits per heavy atom. The largest absolute Gasteiger partial charge is 0.522 e. The first-order valence-electron chi connectivity index (χ1n) is 5.07. The molecule has 3 nitrogen and oxygen atoms in total. The summed E-state index contributed by atoms with van der Waals surface area (Å²) in [5.41, 5.74) is 0. The predicted molar refractivity (Wildman–Crippen MR) is 48.4 cm³/mol. The first kappa shape index (κ1) is 12.7. The van der Waals surface area contributed by atoms with E-state index in [0.717, 1.165) is 12.5 Å². The molecule has 90 valence electrons. The third kappa shape index (κ3) is 8.65. The second-order valence-electron chi connectivity index (χ2n) is 3.56. The molecule has 6 heteroatoms. The summed E-state index contributed by atoms with van der Waals surface area (Å²) in [5.74, 6) is 0.721. The van der Waals surface area contributed by atoms with E-state index in [1.807, 2.05) is 0 Å². The molecule has 0 radical (unpaired) electrons. The number of ether oxygens (including phenoxy) is 2. The minimum absolute atomic E-state index is 0.187. The smallest absolute Gasteiger partial charge is 0.380 e. The Bertz CT molecular complexity index is 171. The van der Waals surface area contributed by atoms with Crippen molar-refractivity contribution < 1.29 is 22.6 Å². The monoisotopic (exact) mass is 227 g/mol. The van der Waals surface area contributed by atoms with Crippen LogP contribution >= 0.6 is 0 Å². The fourth-order valence-electron chi connectivity index (χ4n) is 1.04. The van der Waals surface area contributed by atoms with Crippen molar-refractivity contribution in [2.24, 2.45) is 5.92 Å². The van der Waals surface area contributed by atoms with Gasteiger partial charge in [-0.15, -0.1) is 13.2 Å². The number of rotatable bonds is 8. The Hall–Kier alpha value is -0.330. The van der Waals surface area contributed by atoms with Gasteiger partial charge in [0.15, 0.2) is 0 Å². The van der Waals surface area contributed by atoms with Crippen molar-refractivity contribution >= 4 is 0 Å². The highest BCUT2D eigenvalue weighted by Crippen LogP contribution is 2.28. The Morgan fingerprint density at radius 1 is 1.13 bits per heavy atom. The maximum atomic E-state index is 11.5. The van der Waals surface area contributed by atoms with Crippen molar-refractivity contribution in [3.8, 4) is 0 Å². The zero-order valence-electron chi connectivity index (χ0n) is 8.48.